The molecular formula is C19H16F2N2O5S. The number of benzene rings is 1. The second-order valence-electron chi connectivity index (χ2n) is 5.75. The maximum atomic E-state index is 14.2. The van der Waals surface area contributed by atoms with Crippen molar-refractivity contribution in [3.05, 3.63) is 52.0 Å². The van der Waals surface area contributed by atoms with E-state index in [1.807, 2.05) is 0 Å². The molecule has 1 aromatic carbocycles. The fourth-order valence-electron chi connectivity index (χ4n) is 2.71. The molecule has 0 aliphatic carbocycles. The van der Waals surface area contributed by atoms with E-state index in [1.54, 1.807) is 13.0 Å². The molecule has 1 amide bonds. The second-order valence-corrected chi connectivity index (χ2v) is 6.80. The van der Waals surface area contributed by atoms with Crippen LogP contribution < -0.4 is 15.2 Å². The van der Waals surface area contributed by atoms with E-state index >= 15 is 0 Å². The lowest BCUT2D eigenvalue weighted by Gasteiger charge is -2.11. The summed E-state index contributed by atoms with van der Waals surface area (Å²) in [4.78, 5) is 27.8. The lowest BCUT2D eigenvalue weighted by atomic mass is 10.1. The zero-order chi connectivity index (χ0) is 21.1. The molecule has 29 heavy (non-hydrogen) atoms. The van der Waals surface area contributed by atoms with Gasteiger partial charge in [-0.2, -0.15) is 0 Å². The smallest absolute Gasteiger partial charge is 0.348 e. The lowest BCUT2D eigenvalue weighted by Crippen LogP contribution is -2.13. The van der Waals surface area contributed by atoms with Gasteiger partial charge in [0.25, 0.3) is 0 Å². The van der Waals surface area contributed by atoms with Crippen LogP contribution in [-0.4, -0.2) is 30.6 Å². The topological polar surface area (TPSA) is 101 Å². The van der Waals surface area contributed by atoms with Crippen molar-refractivity contribution in [2.75, 3.05) is 13.7 Å². The van der Waals surface area contributed by atoms with Gasteiger partial charge >= 0.3 is 5.97 Å². The van der Waals surface area contributed by atoms with Crippen LogP contribution in [0.3, 0.4) is 0 Å². The minimum absolute atomic E-state index is 0.153. The number of nitrogens with two attached hydrogens (primary N) is 1. The van der Waals surface area contributed by atoms with Gasteiger partial charge < -0.3 is 19.9 Å². The van der Waals surface area contributed by atoms with Crippen LogP contribution in [0.4, 0.5) is 8.78 Å². The van der Waals surface area contributed by atoms with Crippen LogP contribution in [0, 0.1) is 11.6 Å². The first-order valence-corrected chi connectivity index (χ1v) is 9.22. The molecule has 0 aliphatic heterocycles. The van der Waals surface area contributed by atoms with Gasteiger partial charge in [0.15, 0.2) is 17.4 Å². The van der Waals surface area contributed by atoms with E-state index in [4.69, 9.17) is 19.9 Å². The van der Waals surface area contributed by atoms with Crippen LogP contribution in [0.5, 0.6) is 11.6 Å². The summed E-state index contributed by atoms with van der Waals surface area (Å²) in [5, 5.41) is 0.484. The van der Waals surface area contributed by atoms with E-state index in [0.29, 0.717) is 15.6 Å². The SMILES string of the molecule is CCOC(=O)c1sc2ccnc(OC)c2c1COc1c(F)cc(C(N)=O)cc1F. The van der Waals surface area contributed by atoms with Gasteiger partial charge in [-0.25, -0.2) is 18.6 Å². The number of nitrogens with zero attached hydrogens (tertiary/aromatic N) is 1. The van der Waals surface area contributed by atoms with Gasteiger partial charge in [-0.15, -0.1) is 11.3 Å². The van der Waals surface area contributed by atoms with E-state index in [2.05, 4.69) is 4.98 Å². The minimum Gasteiger partial charge on any atom is -0.483 e. The van der Waals surface area contributed by atoms with Crippen LogP contribution in [0.15, 0.2) is 24.4 Å². The van der Waals surface area contributed by atoms with Crippen molar-refractivity contribution in [2.24, 2.45) is 5.73 Å². The molecule has 0 unspecified atom stereocenters. The Morgan fingerprint density at radius 3 is 2.52 bits per heavy atom. The quantitative estimate of drug-likeness (QED) is 0.586. The number of methoxy groups -OCH3 is 1. The molecule has 2 N–H and O–H groups in total. The first-order chi connectivity index (χ1) is 13.9. The lowest BCUT2D eigenvalue weighted by molar-refractivity contribution is 0.0529. The average molecular weight is 422 g/mol. The minimum atomic E-state index is -1.10. The molecule has 0 bridgehead atoms. The van der Waals surface area contributed by atoms with E-state index < -0.39 is 29.3 Å². The Morgan fingerprint density at radius 1 is 1.24 bits per heavy atom. The molecule has 0 radical (unpaired) electrons. The molecule has 2 aromatic heterocycles. The van der Waals surface area contributed by atoms with Crippen LogP contribution in [0.1, 0.15) is 32.5 Å². The summed E-state index contributed by atoms with van der Waals surface area (Å²) < 4.78 is 44.8. The Hall–Kier alpha value is -3.27. The highest BCUT2D eigenvalue weighted by molar-refractivity contribution is 7.21. The maximum Gasteiger partial charge on any atom is 0.348 e. The molecule has 0 saturated carbocycles. The number of ether oxygens (including phenoxy) is 3. The van der Waals surface area contributed by atoms with Crippen LogP contribution in [0.2, 0.25) is 0 Å². The van der Waals surface area contributed by atoms with E-state index in [-0.39, 0.29) is 29.5 Å². The van der Waals surface area contributed by atoms with Crippen molar-refractivity contribution in [3.8, 4) is 11.6 Å². The Bertz CT molecular complexity index is 1080. The van der Waals surface area contributed by atoms with Crippen molar-refractivity contribution < 1.29 is 32.6 Å². The predicted molar refractivity (Wildman–Crippen MR) is 101 cm³/mol. The fourth-order valence-corrected chi connectivity index (χ4v) is 3.80. The third-order valence-electron chi connectivity index (χ3n) is 3.96. The molecule has 2 heterocycles. The number of carbonyl (C=O) groups excluding carboxylic acids is 2. The fraction of sp³-hybridized carbons (Fsp3) is 0.211. The van der Waals surface area contributed by atoms with Gasteiger partial charge in [-0.1, -0.05) is 0 Å². The Balaban J connectivity index is 2.04. The first kappa shape index (κ1) is 20.5. The van der Waals surface area contributed by atoms with Gasteiger partial charge in [0, 0.05) is 22.0 Å². The molecule has 7 nitrogen and oxygen atoms in total. The summed E-state index contributed by atoms with van der Waals surface area (Å²) in [6.07, 6.45) is 1.51. The highest BCUT2D eigenvalue weighted by Gasteiger charge is 2.24. The monoisotopic (exact) mass is 422 g/mol. The summed E-state index contributed by atoms with van der Waals surface area (Å²) in [6.45, 7) is 1.45. The van der Waals surface area contributed by atoms with Crippen molar-refractivity contribution in [2.45, 2.75) is 13.5 Å². The molecule has 0 saturated heterocycles. The Morgan fingerprint density at radius 2 is 1.93 bits per heavy atom. The normalized spacial score (nSPS) is 10.8. The van der Waals surface area contributed by atoms with Gasteiger partial charge in [0.2, 0.25) is 11.8 Å². The standard InChI is InChI=1S/C19H16F2N2O5S/c1-3-27-19(25)16-10(14-13(29-16)4-5-23-18(14)26-2)8-28-15-11(20)6-9(17(22)24)7-12(15)21/h4-7H,3,8H2,1-2H3,(H2,22,24). The second kappa shape index (κ2) is 8.39. The number of primary amides is 1. The van der Waals surface area contributed by atoms with E-state index in [9.17, 15) is 18.4 Å². The number of amides is 1. The van der Waals surface area contributed by atoms with Crippen LogP contribution in [-0.2, 0) is 11.3 Å². The number of pyridine rings is 1. The van der Waals surface area contributed by atoms with Crippen molar-refractivity contribution >= 4 is 33.3 Å². The van der Waals surface area contributed by atoms with Gasteiger partial charge in [-0.3, -0.25) is 4.79 Å². The van der Waals surface area contributed by atoms with E-state index in [1.165, 1.54) is 13.3 Å². The maximum absolute atomic E-state index is 14.2. The molecule has 0 fully saturated rings. The number of fused-ring (bicyclic) bond motifs is 1. The molecule has 152 valence electrons. The number of hydrogen-bond donors (Lipinski definition) is 1. The third-order valence-corrected chi connectivity index (χ3v) is 5.14. The molecule has 0 aliphatic rings. The number of hydrogen-bond acceptors (Lipinski definition) is 7. The largest absolute Gasteiger partial charge is 0.483 e. The highest BCUT2D eigenvalue weighted by atomic mass is 32.1. The number of rotatable bonds is 7. The zero-order valence-electron chi connectivity index (χ0n) is 15.5. The molecular weight excluding hydrogens is 406 g/mol. The van der Waals surface area contributed by atoms with Crippen LogP contribution >= 0.6 is 11.3 Å². The first-order valence-electron chi connectivity index (χ1n) is 8.40. The van der Waals surface area contributed by atoms with Gasteiger partial charge in [-0.05, 0) is 25.1 Å². The summed E-state index contributed by atoms with van der Waals surface area (Å²) in [7, 11) is 1.41. The van der Waals surface area contributed by atoms with Crippen molar-refractivity contribution in [1.82, 2.24) is 4.98 Å². The number of esters is 1. The molecule has 0 spiro atoms. The number of thiophene rings is 1. The van der Waals surface area contributed by atoms with Gasteiger partial charge in [0.1, 0.15) is 11.5 Å². The molecule has 10 heteroatoms. The summed E-state index contributed by atoms with van der Waals surface area (Å²) in [5.41, 5.74) is 5.04. The van der Waals surface area contributed by atoms with Gasteiger partial charge in [0.05, 0.1) is 19.1 Å². The molecule has 3 rings (SSSR count). The van der Waals surface area contributed by atoms with Crippen molar-refractivity contribution in [3.63, 3.8) is 0 Å². The number of aromatic nitrogens is 1. The summed E-state index contributed by atoms with van der Waals surface area (Å²) >= 11 is 1.13. The summed E-state index contributed by atoms with van der Waals surface area (Å²) in [5.74, 6) is -4.23. The van der Waals surface area contributed by atoms with E-state index in [0.717, 1.165) is 23.5 Å². The third kappa shape index (κ3) is 3.97. The van der Waals surface area contributed by atoms with Crippen LogP contribution in [0.25, 0.3) is 10.1 Å². The Labute approximate surface area is 168 Å². The predicted octanol–water partition coefficient (Wildman–Crippen LogP) is 3.44. The zero-order valence-corrected chi connectivity index (χ0v) is 16.3. The molecule has 3 aromatic rings. The highest BCUT2D eigenvalue weighted by Crippen LogP contribution is 2.37. The van der Waals surface area contributed by atoms with Crippen molar-refractivity contribution in [1.29, 1.82) is 0 Å². The number of halogens is 2. The molecule has 0 atom stereocenters. The summed E-state index contributed by atoms with van der Waals surface area (Å²) in [6, 6.07) is 3.24. The number of carbonyl (C=O) groups is 2. The average Bonchev–Trinajstić information content (AvgIpc) is 3.06. The Kier molecular flexibility index (Phi) is 5.92.